The predicted molar refractivity (Wildman–Crippen MR) is 79.4 cm³/mol. The Hall–Kier alpha value is -1.54. The van der Waals surface area contributed by atoms with Gasteiger partial charge in [0.2, 0.25) is 0 Å². The van der Waals surface area contributed by atoms with E-state index in [0.29, 0.717) is 18.4 Å². The second-order valence-corrected chi connectivity index (χ2v) is 5.37. The summed E-state index contributed by atoms with van der Waals surface area (Å²) in [7, 11) is 0. The Morgan fingerprint density at radius 3 is 2.26 bits per heavy atom. The third-order valence-corrected chi connectivity index (χ3v) is 3.68. The van der Waals surface area contributed by atoms with Crippen LogP contribution in [0.15, 0.2) is 47.1 Å². The fourth-order valence-electron chi connectivity index (χ4n) is 2.34. The largest absolute Gasteiger partial charge is 0.469 e. The van der Waals surface area contributed by atoms with Crippen LogP contribution < -0.4 is 5.73 Å². The van der Waals surface area contributed by atoms with Crippen LogP contribution in [0.5, 0.6) is 0 Å². The summed E-state index contributed by atoms with van der Waals surface area (Å²) in [6.45, 7) is 5.11. The average Bonchev–Trinajstić information content (AvgIpc) is 2.93. The minimum absolute atomic E-state index is 0.409. The summed E-state index contributed by atoms with van der Waals surface area (Å²) in [5.41, 5.74) is 8.62. The number of furan rings is 1. The number of hydrogen-bond acceptors (Lipinski definition) is 2. The van der Waals surface area contributed by atoms with Crippen molar-refractivity contribution in [1.29, 1.82) is 0 Å². The van der Waals surface area contributed by atoms with E-state index in [9.17, 15) is 0 Å². The van der Waals surface area contributed by atoms with Crippen molar-refractivity contribution in [2.75, 3.05) is 6.54 Å². The highest BCUT2D eigenvalue weighted by Gasteiger charge is 2.11. The summed E-state index contributed by atoms with van der Waals surface area (Å²) in [6.07, 6.45) is 3.70. The lowest BCUT2D eigenvalue weighted by Crippen LogP contribution is -2.13. The van der Waals surface area contributed by atoms with Gasteiger partial charge >= 0.3 is 0 Å². The lowest BCUT2D eigenvalue weighted by atomic mass is 9.91. The number of rotatable bonds is 6. The molecule has 2 N–H and O–H groups in total. The topological polar surface area (TPSA) is 39.2 Å². The van der Waals surface area contributed by atoms with E-state index in [2.05, 4.69) is 38.1 Å². The molecule has 0 spiro atoms. The third-order valence-electron chi connectivity index (χ3n) is 3.68. The fraction of sp³-hybridized carbons (Fsp3) is 0.412. The molecule has 1 atom stereocenters. The van der Waals surface area contributed by atoms with E-state index in [-0.39, 0.29) is 0 Å². The van der Waals surface area contributed by atoms with E-state index in [1.165, 1.54) is 11.1 Å². The minimum Gasteiger partial charge on any atom is -0.469 e. The summed E-state index contributed by atoms with van der Waals surface area (Å²) in [6, 6.07) is 12.8. The zero-order valence-corrected chi connectivity index (χ0v) is 11.8. The molecule has 1 aromatic carbocycles. The second-order valence-electron chi connectivity index (χ2n) is 5.37. The van der Waals surface area contributed by atoms with Crippen LogP contribution in [0.3, 0.4) is 0 Å². The molecule has 0 aliphatic carbocycles. The van der Waals surface area contributed by atoms with Crippen molar-refractivity contribution >= 4 is 0 Å². The molecule has 1 aromatic heterocycles. The number of aryl methyl sites for hydroxylation is 1. The van der Waals surface area contributed by atoms with Crippen molar-refractivity contribution in [2.24, 2.45) is 5.73 Å². The predicted octanol–water partition coefficient (Wildman–Crippen LogP) is 4.08. The quantitative estimate of drug-likeness (QED) is 0.847. The zero-order chi connectivity index (χ0) is 13.7. The van der Waals surface area contributed by atoms with Crippen molar-refractivity contribution in [3.63, 3.8) is 0 Å². The van der Waals surface area contributed by atoms with Gasteiger partial charge in [-0.2, -0.15) is 0 Å². The molecule has 2 heteroatoms. The molecule has 0 fully saturated rings. The van der Waals surface area contributed by atoms with E-state index >= 15 is 0 Å². The molecule has 0 saturated carbocycles. The molecule has 2 aromatic rings. The maximum atomic E-state index is 5.91. The summed E-state index contributed by atoms with van der Waals surface area (Å²) in [5.74, 6) is 2.03. The molecule has 1 unspecified atom stereocenters. The first-order chi connectivity index (χ1) is 9.20. The fourth-order valence-corrected chi connectivity index (χ4v) is 2.34. The molecular weight excluding hydrogens is 234 g/mol. The third kappa shape index (κ3) is 3.71. The summed E-state index contributed by atoms with van der Waals surface area (Å²) < 4.78 is 5.37. The highest BCUT2D eigenvalue weighted by Crippen LogP contribution is 2.23. The lowest BCUT2D eigenvalue weighted by molar-refractivity contribution is 0.487. The van der Waals surface area contributed by atoms with E-state index in [0.717, 1.165) is 18.6 Å². The van der Waals surface area contributed by atoms with Crippen LogP contribution in [0.25, 0.3) is 0 Å². The van der Waals surface area contributed by atoms with Crippen LogP contribution >= 0.6 is 0 Å². The second kappa shape index (κ2) is 6.58. The van der Waals surface area contributed by atoms with Gasteiger partial charge in [-0.05, 0) is 48.1 Å². The van der Waals surface area contributed by atoms with Crippen molar-refractivity contribution in [3.05, 3.63) is 59.5 Å². The molecule has 2 nitrogen and oxygen atoms in total. The van der Waals surface area contributed by atoms with Gasteiger partial charge in [0.25, 0.3) is 0 Å². The zero-order valence-electron chi connectivity index (χ0n) is 11.8. The van der Waals surface area contributed by atoms with E-state index in [1.807, 2.05) is 12.1 Å². The molecule has 19 heavy (non-hydrogen) atoms. The van der Waals surface area contributed by atoms with E-state index in [4.69, 9.17) is 10.2 Å². The highest BCUT2D eigenvalue weighted by atomic mass is 16.3. The molecule has 0 bridgehead atoms. The maximum absolute atomic E-state index is 5.91. The maximum Gasteiger partial charge on any atom is 0.103 e. The average molecular weight is 257 g/mol. The Bertz CT molecular complexity index is 470. The first-order valence-electron chi connectivity index (χ1n) is 7.03. The molecule has 102 valence electrons. The van der Waals surface area contributed by atoms with Gasteiger partial charge in [-0.3, -0.25) is 0 Å². The molecule has 2 rings (SSSR count). The van der Waals surface area contributed by atoms with Crippen molar-refractivity contribution in [3.8, 4) is 0 Å². The first kappa shape index (κ1) is 13.9. The molecule has 1 heterocycles. The molecule has 0 amide bonds. The van der Waals surface area contributed by atoms with Gasteiger partial charge in [-0.25, -0.2) is 0 Å². The molecule has 0 radical (unpaired) electrons. The molecule has 0 aliphatic heterocycles. The monoisotopic (exact) mass is 257 g/mol. The molecule has 0 saturated heterocycles. The highest BCUT2D eigenvalue weighted by molar-refractivity contribution is 5.27. The van der Waals surface area contributed by atoms with Gasteiger partial charge in [0.15, 0.2) is 0 Å². The summed E-state index contributed by atoms with van der Waals surface area (Å²) >= 11 is 0. The van der Waals surface area contributed by atoms with Gasteiger partial charge in [-0.1, -0.05) is 38.1 Å². The minimum atomic E-state index is 0.409. The summed E-state index contributed by atoms with van der Waals surface area (Å²) in [4.78, 5) is 0. The van der Waals surface area contributed by atoms with E-state index < -0.39 is 0 Å². The van der Waals surface area contributed by atoms with Crippen molar-refractivity contribution in [1.82, 2.24) is 0 Å². The van der Waals surface area contributed by atoms with Crippen LogP contribution in [0.4, 0.5) is 0 Å². The smallest absolute Gasteiger partial charge is 0.103 e. The van der Waals surface area contributed by atoms with Crippen LogP contribution in [0, 0.1) is 0 Å². The van der Waals surface area contributed by atoms with Gasteiger partial charge in [0.05, 0.1) is 6.26 Å². The Morgan fingerprint density at radius 1 is 1.05 bits per heavy atom. The van der Waals surface area contributed by atoms with Crippen LogP contribution in [0.2, 0.25) is 0 Å². The first-order valence-corrected chi connectivity index (χ1v) is 7.03. The van der Waals surface area contributed by atoms with Gasteiger partial charge in [0.1, 0.15) is 5.76 Å². The van der Waals surface area contributed by atoms with Crippen molar-refractivity contribution in [2.45, 2.75) is 38.5 Å². The van der Waals surface area contributed by atoms with Gasteiger partial charge in [-0.15, -0.1) is 0 Å². The van der Waals surface area contributed by atoms with Gasteiger partial charge in [0, 0.05) is 6.42 Å². The normalized spacial score (nSPS) is 12.8. The summed E-state index contributed by atoms with van der Waals surface area (Å²) in [5, 5.41) is 0. The Balaban J connectivity index is 2.00. The SMILES string of the molecule is CC(C)c1ccc(C(CN)CCc2ccco2)cc1. The lowest BCUT2D eigenvalue weighted by Gasteiger charge is -2.15. The number of hydrogen-bond donors (Lipinski definition) is 1. The number of nitrogens with two attached hydrogens (primary N) is 1. The standard InChI is InChI=1S/C17H23NO/c1-13(2)14-5-7-15(8-6-14)16(12-18)9-10-17-4-3-11-19-17/h3-8,11,13,16H,9-10,12,18H2,1-2H3. The molecule has 0 aliphatic rings. The number of benzene rings is 1. The van der Waals surface area contributed by atoms with Crippen LogP contribution in [-0.2, 0) is 6.42 Å². The Morgan fingerprint density at radius 2 is 1.74 bits per heavy atom. The van der Waals surface area contributed by atoms with Crippen LogP contribution in [0.1, 0.15) is 49.0 Å². The van der Waals surface area contributed by atoms with Gasteiger partial charge < -0.3 is 10.2 Å². The van der Waals surface area contributed by atoms with Crippen LogP contribution in [-0.4, -0.2) is 6.54 Å². The van der Waals surface area contributed by atoms with Crippen molar-refractivity contribution < 1.29 is 4.42 Å². The Kier molecular flexibility index (Phi) is 4.80. The van der Waals surface area contributed by atoms with E-state index in [1.54, 1.807) is 6.26 Å². The Labute approximate surface area is 115 Å². The molecular formula is C17H23NO.